The zero-order chi connectivity index (χ0) is 16.6. The predicted molar refractivity (Wildman–Crippen MR) is 80.4 cm³/mol. The third kappa shape index (κ3) is 2.24. The molecule has 1 aliphatic carbocycles. The first-order valence-electron chi connectivity index (χ1n) is 7.68. The molecule has 0 amide bonds. The highest BCUT2D eigenvalue weighted by molar-refractivity contribution is 5.27. The molecular formula is C15H27N3O4. The zero-order valence-electron chi connectivity index (χ0n) is 13.4. The molecule has 22 heavy (non-hydrogen) atoms. The third-order valence-electron chi connectivity index (χ3n) is 5.35. The molecule has 3 rings (SSSR count). The van der Waals surface area contributed by atoms with Crippen molar-refractivity contribution in [2.24, 2.45) is 23.1 Å². The van der Waals surface area contributed by atoms with Crippen molar-refractivity contribution in [3.05, 3.63) is 11.6 Å². The number of allylic oxidation sites excluding steroid dienone is 1. The fraction of sp³-hybridized carbons (Fsp3) is 0.867. The number of hydrogen-bond acceptors (Lipinski definition) is 7. The Hall–Kier alpha value is -0.540. The summed E-state index contributed by atoms with van der Waals surface area (Å²) in [6.45, 7) is 6.35. The van der Waals surface area contributed by atoms with Crippen LogP contribution in [0.1, 0.15) is 33.6 Å². The van der Waals surface area contributed by atoms with E-state index in [4.69, 9.17) is 26.7 Å². The highest BCUT2D eigenvalue weighted by Gasteiger charge is 2.78. The summed E-state index contributed by atoms with van der Waals surface area (Å²) in [6, 6.07) is 0. The molecule has 126 valence electrons. The van der Waals surface area contributed by atoms with Gasteiger partial charge in [-0.3, -0.25) is 0 Å². The summed E-state index contributed by atoms with van der Waals surface area (Å²) in [5.41, 5.74) is 14.3. The molecular weight excluding hydrogens is 286 g/mol. The minimum Gasteiger partial charge on any atom is -0.385 e. The first kappa shape index (κ1) is 16.3. The Labute approximate surface area is 130 Å². The lowest BCUT2D eigenvalue weighted by molar-refractivity contribution is -0.200. The van der Waals surface area contributed by atoms with Crippen LogP contribution >= 0.6 is 0 Å². The van der Waals surface area contributed by atoms with E-state index in [1.165, 1.54) is 5.57 Å². The van der Waals surface area contributed by atoms with Crippen molar-refractivity contribution < 1.29 is 19.7 Å². The van der Waals surface area contributed by atoms with Crippen molar-refractivity contribution in [3.8, 4) is 0 Å². The van der Waals surface area contributed by atoms with Crippen molar-refractivity contribution in [2.75, 3.05) is 6.61 Å². The van der Waals surface area contributed by atoms with E-state index in [1.807, 2.05) is 20.8 Å². The Morgan fingerprint density at radius 1 is 1.32 bits per heavy atom. The van der Waals surface area contributed by atoms with E-state index in [0.29, 0.717) is 6.61 Å². The van der Waals surface area contributed by atoms with Crippen LogP contribution in [-0.2, 0) is 9.47 Å². The highest BCUT2D eigenvalue weighted by atomic mass is 16.6. The molecule has 1 spiro atoms. The Bertz CT molecular complexity index is 511. The maximum atomic E-state index is 10.8. The normalized spacial score (nSPS) is 52.5. The van der Waals surface area contributed by atoms with Crippen molar-refractivity contribution in [3.63, 3.8) is 0 Å². The monoisotopic (exact) mass is 313 g/mol. The van der Waals surface area contributed by atoms with Gasteiger partial charge in [0.05, 0.1) is 24.3 Å². The van der Waals surface area contributed by atoms with E-state index in [1.54, 1.807) is 0 Å². The summed E-state index contributed by atoms with van der Waals surface area (Å²) in [4.78, 5) is 0. The number of nitrogens with two attached hydrogens (primary N) is 3. The maximum Gasteiger partial charge on any atom is 0.151 e. The van der Waals surface area contributed by atoms with Crippen LogP contribution in [0.3, 0.4) is 0 Å². The largest absolute Gasteiger partial charge is 0.385 e. The number of aliphatic hydroxyl groups is 2. The van der Waals surface area contributed by atoms with Crippen molar-refractivity contribution >= 4 is 0 Å². The second-order valence-electron chi connectivity index (χ2n) is 7.67. The quantitative estimate of drug-likeness (QED) is 0.253. The van der Waals surface area contributed by atoms with Gasteiger partial charge in [0.15, 0.2) is 5.72 Å². The van der Waals surface area contributed by atoms with Gasteiger partial charge in [0.1, 0.15) is 17.3 Å². The van der Waals surface area contributed by atoms with Crippen LogP contribution in [0.25, 0.3) is 0 Å². The molecule has 7 nitrogen and oxygen atoms in total. The van der Waals surface area contributed by atoms with E-state index < -0.39 is 34.6 Å². The van der Waals surface area contributed by atoms with E-state index in [-0.39, 0.29) is 12.5 Å². The minimum atomic E-state index is -1.97. The van der Waals surface area contributed by atoms with Crippen molar-refractivity contribution in [2.45, 2.75) is 68.4 Å². The molecule has 6 unspecified atom stereocenters. The number of aliphatic hydroxyl groups excluding tert-OH is 1. The minimum absolute atomic E-state index is 0.0706. The van der Waals surface area contributed by atoms with Gasteiger partial charge in [-0.05, 0) is 27.2 Å². The molecule has 3 aliphatic rings. The molecule has 8 N–H and O–H groups in total. The Morgan fingerprint density at radius 3 is 2.41 bits per heavy atom. The lowest BCUT2D eigenvalue weighted by atomic mass is 9.62. The summed E-state index contributed by atoms with van der Waals surface area (Å²) in [5, 5.41) is 21.1. The average Bonchev–Trinajstić information content (AvgIpc) is 3.24. The van der Waals surface area contributed by atoms with Crippen LogP contribution in [0.15, 0.2) is 11.6 Å². The Balaban J connectivity index is 1.88. The fourth-order valence-corrected chi connectivity index (χ4v) is 4.22. The smallest absolute Gasteiger partial charge is 0.151 e. The molecule has 1 saturated carbocycles. The summed E-state index contributed by atoms with van der Waals surface area (Å²) in [5.74, 6) is -0.585. The van der Waals surface area contributed by atoms with E-state index >= 15 is 0 Å². The maximum absolute atomic E-state index is 10.8. The van der Waals surface area contributed by atoms with Crippen LogP contribution in [0, 0.1) is 5.92 Å². The molecule has 3 fully saturated rings. The summed E-state index contributed by atoms with van der Waals surface area (Å²) in [7, 11) is 0. The molecule has 0 bridgehead atoms. The van der Waals surface area contributed by atoms with Crippen LogP contribution in [0.4, 0.5) is 0 Å². The van der Waals surface area contributed by atoms with Gasteiger partial charge in [0, 0.05) is 6.42 Å². The molecule has 2 saturated heterocycles. The fourth-order valence-electron chi connectivity index (χ4n) is 4.22. The Morgan fingerprint density at radius 2 is 1.91 bits per heavy atom. The van der Waals surface area contributed by atoms with Crippen LogP contribution < -0.4 is 17.2 Å². The Kier molecular flexibility index (Phi) is 3.34. The molecule has 7 heteroatoms. The summed E-state index contributed by atoms with van der Waals surface area (Å²) < 4.78 is 11.5. The van der Waals surface area contributed by atoms with Gasteiger partial charge in [-0.25, -0.2) is 0 Å². The lowest BCUT2D eigenvalue weighted by Crippen LogP contribution is -2.80. The van der Waals surface area contributed by atoms with Gasteiger partial charge in [-0.2, -0.15) is 0 Å². The van der Waals surface area contributed by atoms with E-state index in [0.717, 1.165) is 6.42 Å². The highest BCUT2D eigenvalue weighted by Crippen LogP contribution is 2.61. The number of hydrogen-bond donors (Lipinski definition) is 5. The topological polar surface area (TPSA) is 144 Å². The van der Waals surface area contributed by atoms with Crippen LogP contribution in [0.2, 0.25) is 0 Å². The van der Waals surface area contributed by atoms with E-state index in [9.17, 15) is 10.2 Å². The molecule has 0 aromatic rings. The standard InChI is InChI=1S/C15H27N3O4/c1-8(2)4-5-9-12(3,22-9)10-13(7-21-13)6-14(16,17)11(19)15(10,18)20/h4,9-11,19-20H,5-7,16-18H2,1-3H3. The number of rotatable bonds is 3. The van der Waals surface area contributed by atoms with Gasteiger partial charge in [-0.1, -0.05) is 11.6 Å². The average molecular weight is 313 g/mol. The molecule has 6 atom stereocenters. The zero-order valence-corrected chi connectivity index (χ0v) is 13.4. The molecule has 0 radical (unpaired) electrons. The van der Waals surface area contributed by atoms with Gasteiger partial charge in [0.25, 0.3) is 0 Å². The second-order valence-corrected chi connectivity index (χ2v) is 7.67. The first-order chi connectivity index (χ1) is 9.96. The van der Waals surface area contributed by atoms with E-state index in [2.05, 4.69) is 6.08 Å². The summed E-state index contributed by atoms with van der Waals surface area (Å²) in [6.07, 6.45) is 1.53. The molecule has 0 aromatic heterocycles. The third-order valence-corrected chi connectivity index (χ3v) is 5.35. The van der Waals surface area contributed by atoms with Crippen molar-refractivity contribution in [1.82, 2.24) is 0 Å². The van der Waals surface area contributed by atoms with Gasteiger partial charge in [0.2, 0.25) is 0 Å². The predicted octanol–water partition coefficient (Wildman–Crippen LogP) is -1.09. The lowest BCUT2D eigenvalue weighted by Gasteiger charge is -2.52. The van der Waals surface area contributed by atoms with Crippen LogP contribution in [0.5, 0.6) is 0 Å². The molecule has 2 heterocycles. The summed E-state index contributed by atoms with van der Waals surface area (Å²) >= 11 is 0. The number of ether oxygens (including phenoxy) is 2. The molecule has 0 aromatic carbocycles. The van der Waals surface area contributed by atoms with Gasteiger partial charge in [-0.15, -0.1) is 0 Å². The second kappa shape index (κ2) is 4.51. The number of epoxide rings is 2. The van der Waals surface area contributed by atoms with Gasteiger partial charge >= 0.3 is 0 Å². The van der Waals surface area contributed by atoms with Gasteiger partial charge < -0.3 is 36.9 Å². The first-order valence-corrected chi connectivity index (χ1v) is 7.68. The van der Waals surface area contributed by atoms with Crippen LogP contribution in [-0.4, -0.2) is 51.6 Å². The van der Waals surface area contributed by atoms with Crippen molar-refractivity contribution in [1.29, 1.82) is 0 Å². The molecule has 2 aliphatic heterocycles. The SMILES string of the molecule is CC(C)=CCC1OC1(C)C1C2(CO2)CC(N)(N)C(O)C1(N)O.